The third-order valence-corrected chi connectivity index (χ3v) is 5.92. The van der Waals surface area contributed by atoms with E-state index in [1.54, 1.807) is 13.8 Å². The number of hydrogen-bond acceptors (Lipinski definition) is 7. The SMILES string of the molecule is CC/C(C)=N/OC(=O)NCCOC(=O)C(C)(C)CC.CCC(C)(C)C(=O)OCc1c(F)c(F)c(F)c(F)c1F. The molecule has 0 aromatic heterocycles. The normalized spacial score (nSPS) is 11.8. The zero-order valence-corrected chi connectivity index (χ0v) is 23.5. The standard InChI is InChI=1S/C13H13F5O2.C13H24N2O4/c1-4-13(2,3)12(19)20-5-6-7(14)9(16)11(18)10(17)8(6)15;1-6-10(3)15-19-12(17)14-8-9-18-11(16)13(4,5)7-2/h4-5H2,1-3H3;6-9H2,1-5H3,(H,14,17)/b;15-10+. The van der Waals surface area contributed by atoms with E-state index < -0.39 is 64.1 Å². The van der Waals surface area contributed by atoms with Gasteiger partial charge in [0.2, 0.25) is 5.82 Å². The summed E-state index contributed by atoms with van der Waals surface area (Å²) in [5.41, 5.74) is -1.85. The van der Waals surface area contributed by atoms with Crippen LogP contribution in [0.15, 0.2) is 5.16 Å². The van der Waals surface area contributed by atoms with Crippen LogP contribution >= 0.6 is 0 Å². The summed E-state index contributed by atoms with van der Waals surface area (Å²) in [7, 11) is 0. The van der Waals surface area contributed by atoms with Crippen LogP contribution in [0.25, 0.3) is 0 Å². The third kappa shape index (κ3) is 11.2. The summed E-state index contributed by atoms with van der Waals surface area (Å²) < 4.78 is 75.0. The van der Waals surface area contributed by atoms with Crippen molar-refractivity contribution in [1.82, 2.24) is 5.32 Å². The Hall–Kier alpha value is -3.25. The van der Waals surface area contributed by atoms with Gasteiger partial charge in [-0.15, -0.1) is 0 Å². The molecule has 1 aromatic carbocycles. The van der Waals surface area contributed by atoms with Crippen LogP contribution in [0.1, 0.15) is 80.2 Å². The number of nitrogens with one attached hydrogen (secondary N) is 1. The summed E-state index contributed by atoms with van der Waals surface area (Å²) in [6.07, 6.45) is 1.16. The number of carbonyl (C=O) groups is 3. The highest BCUT2D eigenvalue weighted by molar-refractivity contribution is 5.82. The van der Waals surface area contributed by atoms with Gasteiger partial charge in [0.25, 0.3) is 0 Å². The zero-order valence-electron chi connectivity index (χ0n) is 23.5. The number of halogens is 5. The lowest BCUT2D eigenvalue weighted by Crippen LogP contribution is -2.31. The van der Waals surface area contributed by atoms with Crippen LogP contribution in [-0.4, -0.2) is 36.9 Å². The monoisotopic (exact) mass is 568 g/mol. The molecule has 0 aliphatic heterocycles. The van der Waals surface area contributed by atoms with Crippen molar-refractivity contribution in [2.75, 3.05) is 13.2 Å². The molecule has 1 amide bonds. The highest BCUT2D eigenvalue weighted by atomic mass is 19.2. The number of benzene rings is 1. The summed E-state index contributed by atoms with van der Waals surface area (Å²) in [6, 6.07) is 0. The lowest BCUT2D eigenvalue weighted by Gasteiger charge is -2.20. The molecule has 0 aliphatic rings. The first kappa shape index (κ1) is 35.8. The fourth-order valence-electron chi connectivity index (χ4n) is 2.11. The Morgan fingerprint density at radius 3 is 1.64 bits per heavy atom. The second-order valence-electron chi connectivity index (χ2n) is 9.72. The van der Waals surface area contributed by atoms with E-state index in [-0.39, 0.29) is 19.1 Å². The molecule has 0 saturated carbocycles. The molecule has 39 heavy (non-hydrogen) atoms. The summed E-state index contributed by atoms with van der Waals surface area (Å²) in [5.74, 6) is -11.4. The van der Waals surface area contributed by atoms with Crippen molar-refractivity contribution in [1.29, 1.82) is 0 Å². The number of esters is 2. The van der Waals surface area contributed by atoms with Crippen LogP contribution in [0.5, 0.6) is 0 Å². The van der Waals surface area contributed by atoms with Crippen molar-refractivity contribution in [2.45, 2.75) is 81.3 Å². The highest BCUT2D eigenvalue weighted by Crippen LogP contribution is 2.26. The molecule has 1 rings (SSSR count). The minimum absolute atomic E-state index is 0.119. The van der Waals surface area contributed by atoms with Gasteiger partial charge in [0.05, 0.1) is 28.6 Å². The summed E-state index contributed by atoms with van der Waals surface area (Å²) in [4.78, 5) is 39.0. The van der Waals surface area contributed by atoms with E-state index in [9.17, 15) is 36.3 Å². The summed E-state index contributed by atoms with van der Waals surface area (Å²) in [6.45, 7) is 13.3. The Morgan fingerprint density at radius 2 is 1.21 bits per heavy atom. The largest absolute Gasteiger partial charge is 0.463 e. The van der Waals surface area contributed by atoms with Gasteiger partial charge in [-0.1, -0.05) is 25.9 Å². The van der Waals surface area contributed by atoms with Crippen molar-refractivity contribution in [3.63, 3.8) is 0 Å². The minimum Gasteiger partial charge on any atom is -0.463 e. The Kier molecular flexibility index (Phi) is 14.7. The fourth-order valence-corrected chi connectivity index (χ4v) is 2.11. The Balaban J connectivity index is 0.000000742. The molecule has 0 atom stereocenters. The lowest BCUT2D eigenvalue weighted by atomic mass is 9.91. The number of hydrogen-bond donors (Lipinski definition) is 1. The van der Waals surface area contributed by atoms with E-state index in [0.717, 1.165) is 12.1 Å². The molecule has 0 unspecified atom stereocenters. The Labute approximate surface area is 225 Å². The summed E-state index contributed by atoms with van der Waals surface area (Å²) >= 11 is 0. The zero-order chi connectivity index (χ0) is 30.6. The van der Waals surface area contributed by atoms with Crippen molar-refractivity contribution in [2.24, 2.45) is 16.0 Å². The number of rotatable bonds is 11. The van der Waals surface area contributed by atoms with E-state index in [0.29, 0.717) is 12.8 Å². The maximum atomic E-state index is 13.3. The predicted molar refractivity (Wildman–Crippen MR) is 133 cm³/mol. The van der Waals surface area contributed by atoms with Crippen molar-refractivity contribution < 1.29 is 50.6 Å². The molecule has 0 heterocycles. The molecule has 0 aliphatic carbocycles. The maximum Gasteiger partial charge on any atom is 0.433 e. The van der Waals surface area contributed by atoms with Gasteiger partial charge in [-0.2, -0.15) is 0 Å². The molecule has 0 bridgehead atoms. The lowest BCUT2D eigenvalue weighted by molar-refractivity contribution is -0.156. The van der Waals surface area contributed by atoms with Gasteiger partial charge >= 0.3 is 18.0 Å². The van der Waals surface area contributed by atoms with E-state index in [1.165, 1.54) is 13.8 Å². The van der Waals surface area contributed by atoms with E-state index in [2.05, 4.69) is 20.0 Å². The molecule has 0 saturated heterocycles. The molecular formula is C26H37F5N2O6. The quantitative estimate of drug-likeness (QED) is 0.0489. The number of nitrogens with zero attached hydrogens (tertiary/aromatic N) is 1. The highest BCUT2D eigenvalue weighted by Gasteiger charge is 2.30. The Bertz CT molecular complexity index is 1020. The summed E-state index contributed by atoms with van der Waals surface area (Å²) in [5, 5.41) is 6.05. The van der Waals surface area contributed by atoms with Crippen molar-refractivity contribution in [3.8, 4) is 0 Å². The van der Waals surface area contributed by atoms with Gasteiger partial charge in [0.15, 0.2) is 23.3 Å². The molecule has 1 aromatic rings. The molecule has 1 N–H and O–H groups in total. The molecule has 222 valence electrons. The topological polar surface area (TPSA) is 103 Å². The molecule has 0 spiro atoms. The number of oxime groups is 1. The van der Waals surface area contributed by atoms with Gasteiger partial charge in [0, 0.05) is 0 Å². The van der Waals surface area contributed by atoms with Crippen LogP contribution in [0.4, 0.5) is 26.7 Å². The predicted octanol–water partition coefficient (Wildman–Crippen LogP) is 6.34. The van der Waals surface area contributed by atoms with E-state index >= 15 is 0 Å². The third-order valence-electron chi connectivity index (χ3n) is 5.92. The first-order valence-electron chi connectivity index (χ1n) is 12.3. The Morgan fingerprint density at radius 1 is 0.769 bits per heavy atom. The van der Waals surface area contributed by atoms with Gasteiger partial charge in [-0.05, 0) is 53.9 Å². The van der Waals surface area contributed by atoms with Crippen molar-refractivity contribution in [3.05, 3.63) is 34.6 Å². The minimum atomic E-state index is -2.25. The second-order valence-corrected chi connectivity index (χ2v) is 9.72. The van der Waals surface area contributed by atoms with Crippen LogP contribution in [0.3, 0.4) is 0 Å². The van der Waals surface area contributed by atoms with Crippen LogP contribution in [0.2, 0.25) is 0 Å². The molecule has 13 heteroatoms. The average molecular weight is 569 g/mol. The smallest absolute Gasteiger partial charge is 0.433 e. The van der Waals surface area contributed by atoms with Gasteiger partial charge in [-0.3, -0.25) is 14.4 Å². The van der Waals surface area contributed by atoms with Crippen LogP contribution in [-0.2, 0) is 30.5 Å². The fraction of sp³-hybridized carbons (Fsp3) is 0.615. The van der Waals surface area contributed by atoms with E-state index in [1.807, 2.05) is 27.7 Å². The molecule has 0 fully saturated rings. The van der Waals surface area contributed by atoms with Gasteiger partial charge in [-0.25, -0.2) is 26.7 Å². The number of amides is 1. The van der Waals surface area contributed by atoms with Crippen LogP contribution < -0.4 is 5.32 Å². The molecule has 8 nitrogen and oxygen atoms in total. The van der Waals surface area contributed by atoms with Crippen molar-refractivity contribution >= 4 is 23.7 Å². The van der Waals surface area contributed by atoms with Gasteiger partial charge in [0.1, 0.15) is 13.2 Å². The van der Waals surface area contributed by atoms with Crippen LogP contribution in [0, 0.1) is 39.9 Å². The van der Waals surface area contributed by atoms with Gasteiger partial charge < -0.3 is 14.8 Å². The number of carbonyl (C=O) groups excluding carboxylic acids is 3. The first-order valence-corrected chi connectivity index (χ1v) is 12.3. The molecular weight excluding hydrogens is 531 g/mol. The maximum absolute atomic E-state index is 13.3. The molecule has 0 radical (unpaired) electrons. The average Bonchev–Trinajstić information content (AvgIpc) is 2.91. The second kappa shape index (κ2) is 16.0. The first-order chi connectivity index (χ1) is 18.0. The number of ether oxygens (including phenoxy) is 2. The van der Waals surface area contributed by atoms with E-state index in [4.69, 9.17) is 4.74 Å².